The summed E-state index contributed by atoms with van der Waals surface area (Å²) in [5, 5.41) is 10.6. The van der Waals surface area contributed by atoms with E-state index in [4.69, 9.17) is 23.2 Å². The number of hydrogen-bond acceptors (Lipinski definition) is 3. The van der Waals surface area contributed by atoms with Gasteiger partial charge in [0.25, 0.3) is 0 Å². The van der Waals surface area contributed by atoms with E-state index in [2.05, 4.69) is 49.8 Å². The Morgan fingerprint density at radius 3 is 2.62 bits per heavy atom. The first kappa shape index (κ1) is 17.8. The highest BCUT2D eigenvalue weighted by molar-refractivity contribution is 9.10. The number of benzene rings is 2. The van der Waals surface area contributed by atoms with Crippen molar-refractivity contribution in [2.75, 3.05) is 0 Å². The zero-order valence-corrected chi connectivity index (χ0v) is 16.8. The maximum Gasteiger partial charge on any atom is 0.191 e. The lowest BCUT2D eigenvalue weighted by molar-refractivity contribution is 0.687. The van der Waals surface area contributed by atoms with Gasteiger partial charge in [-0.15, -0.1) is 10.2 Å². The summed E-state index contributed by atoms with van der Waals surface area (Å²) in [6.07, 6.45) is 0. The average Bonchev–Trinajstić information content (AvgIpc) is 2.98. The Hall–Kier alpha value is -1.01. The van der Waals surface area contributed by atoms with E-state index in [1.807, 2.05) is 24.3 Å². The highest BCUT2D eigenvalue weighted by Crippen LogP contribution is 2.30. The molecule has 0 spiro atoms. The molecule has 0 N–H and O–H groups in total. The molecule has 0 bridgehead atoms. The molecule has 0 unspecified atom stereocenters. The average molecular weight is 443 g/mol. The van der Waals surface area contributed by atoms with Crippen molar-refractivity contribution >= 4 is 50.9 Å². The molecule has 1 aromatic heterocycles. The van der Waals surface area contributed by atoms with Crippen LogP contribution in [0.4, 0.5) is 0 Å². The third kappa shape index (κ3) is 3.97. The summed E-state index contributed by atoms with van der Waals surface area (Å²) in [5.41, 5.74) is 2.14. The van der Waals surface area contributed by atoms with E-state index >= 15 is 0 Å². The third-order valence-electron chi connectivity index (χ3n) is 3.47. The molecule has 0 atom stereocenters. The summed E-state index contributed by atoms with van der Waals surface area (Å²) in [6, 6.07) is 13.8. The van der Waals surface area contributed by atoms with Crippen LogP contribution in [0.1, 0.15) is 12.5 Å². The quantitative estimate of drug-likeness (QED) is 0.432. The second-order valence-corrected chi connectivity index (χ2v) is 7.77. The predicted octanol–water partition coefficient (Wildman–Crippen LogP) is 6.33. The summed E-state index contributed by atoms with van der Waals surface area (Å²) in [7, 11) is 0. The normalized spacial score (nSPS) is 11.0. The van der Waals surface area contributed by atoms with Crippen molar-refractivity contribution in [2.24, 2.45) is 0 Å². The Labute approximate surface area is 163 Å². The molecule has 0 aliphatic rings. The van der Waals surface area contributed by atoms with E-state index in [1.54, 1.807) is 17.8 Å². The van der Waals surface area contributed by atoms with E-state index < -0.39 is 0 Å². The zero-order valence-electron chi connectivity index (χ0n) is 12.8. The molecule has 3 aromatic rings. The van der Waals surface area contributed by atoms with Gasteiger partial charge in [-0.3, -0.25) is 0 Å². The Balaban J connectivity index is 1.85. The van der Waals surface area contributed by atoms with E-state index in [-0.39, 0.29) is 0 Å². The second kappa shape index (κ2) is 7.91. The number of thioether (sulfide) groups is 1. The van der Waals surface area contributed by atoms with Gasteiger partial charge in [-0.2, -0.15) is 0 Å². The molecule has 0 saturated carbocycles. The standard InChI is InChI=1S/C17H14BrCl2N3S/c1-2-23-16(12-6-7-14(19)15(20)9-12)21-22-17(23)24-10-11-4-3-5-13(18)8-11/h3-9H,2,10H2,1H3. The molecule has 0 amide bonds. The van der Waals surface area contributed by atoms with Gasteiger partial charge in [-0.05, 0) is 42.8 Å². The van der Waals surface area contributed by atoms with Gasteiger partial charge in [-0.1, -0.05) is 63.0 Å². The molecule has 0 aliphatic carbocycles. The molecular formula is C17H14BrCl2N3S. The lowest BCUT2D eigenvalue weighted by atomic mass is 10.2. The first-order valence-corrected chi connectivity index (χ1v) is 9.87. The van der Waals surface area contributed by atoms with Crippen LogP contribution in [0.3, 0.4) is 0 Å². The molecule has 124 valence electrons. The lowest BCUT2D eigenvalue weighted by Gasteiger charge is -2.08. The van der Waals surface area contributed by atoms with Crippen LogP contribution in [0.25, 0.3) is 11.4 Å². The second-order valence-electron chi connectivity index (χ2n) is 5.10. The number of hydrogen-bond donors (Lipinski definition) is 0. The predicted molar refractivity (Wildman–Crippen MR) is 105 cm³/mol. The summed E-state index contributed by atoms with van der Waals surface area (Å²) >= 11 is 17.3. The third-order valence-corrected chi connectivity index (χ3v) is 5.74. The Morgan fingerprint density at radius 1 is 1.08 bits per heavy atom. The van der Waals surface area contributed by atoms with Crippen molar-refractivity contribution in [3.8, 4) is 11.4 Å². The molecule has 3 rings (SSSR count). The van der Waals surface area contributed by atoms with Crippen LogP contribution in [-0.2, 0) is 12.3 Å². The van der Waals surface area contributed by atoms with Gasteiger partial charge >= 0.3 is 0 Å². The highest BCUT2D eigenvalue weighted by Gasteiger charge is 2.14. The van der Waals surface area contributed by atoms with E-state index in [0.717, 1.165) is 33.3 Å². The van der Waals surface area contributed by atoms with E-state index in [1.165, 1.54) is 5.56 Å². The van der Waals surface area contributed by atoms with E-state index in [0.29, 0.717) is 10.0 Å². The van der Waals surface area contributed by atoms with Crippen molar-refractivity contribution < 1.29 is 0 Å². The zero-order chi connectivity index (χ0) is 17.1. The molecule has 0 saturated heterocycles. The smallest absolute Gasteiger partial charge is 0.191 e. The van der Waals surface area contributed by atoms with Gasteiger partial charge in [-0.25, -0.2) is 0 Å². The Kier molecular flexibility index (Phi) is 5.87. The minimum absolute atomic E-state index is 0.517. The molecule has 3 nitrogen and oxygen atoms in total. The Morgan fingerprint density at radius 2 is 1.92 bits per heavy atom. The van der Waals surface area contributed by atoms with Crippen molar-refractivity contribution in [1.82, 2.24) is 14.8 Å². The molecular weight excluding hydrogens is 429 g/mol. The molecule has 0 radical (unpaired) electrons. The van der Waals surface area contributed by atoms with Crippen LogP contribution in [0, 0.1) is 0 Å². The maximum absolute atomic E-state index is 6.12. The van der Waals surface area contributed by atoms with Crippen LogP contribution >= 0.6 is 50.9 Å². The molecule has 2 aromatic carbocycles. The number of halogens is 3. The largest absolute Gasteiger partial charge is 0.302 e. The van der Waals surface area contributed by atoms with Crippen LogP contribution in [0.5, 0.6) is 0 Å². The van der Waals surface area contributed by atoms with Crippen molar-refractivity contribution in [2.45, 2.75) is 24.4 Å². The first-order chi connectivity index (χ1) is 11.6. The number of nitrogens with zero attached hydrogens (tertiary/aromatic N) is 3. The van der Waals surface area contributed by atoms with Crippen LogP contribution in [0.2, 0.25) is 10.0 Å². The van der Waals surface area contributed by atoms with Crippen molar-refractivity contribution in [3.05, 3.63) is 62.5 Å². The molecule has 0 fully saturated rings. The summed E-state index contributed by atoms with van der Waals surface area (Å²) in [5.74, 6) is 1.63. The monoisotopic (exact) mass is 441 g/mol. The lowest BCUT2D eigenvalue weighted by Crippen LogP contribution is -2.00. The van der Waals surface area contributed by atoms with Crippen molar-refractivity contribution in [1.29, 1.82) is 0 Å². The maximum atomic E-state index is 6.12. The molecule has 1 heterocycles. The summed E-state index contributed by atoms with van der Waals surface area (Å²) in [4.78, 5) is 0. The Bertz CT molecular complexity index is 867. The first-order valence-electron chi connectivity index (χ1n) is 7.34. The van der Waals surface area contributed by atoms with Crippen LogP contribution in [-0.4, -0.2) is 14.8 Å². The number of rotatable bonds is 5. The molecule has 24 heavy (non-hydrogen) atoms. The SMILES string of the molecule is CCn1c(SCc2cccc(Br)c2)nnc1-c1ccc(Cl)c(Cl)c1. The molecule has 7 heteroatoms. The minimum Gasteiger partial charge on any atom is -0.302 e. The van der Waals surface area contributed by atoms with Gasteiger partial charge in [0.2, 0.25) is 0 Å². The van der Waals surface area contributed by atoms with Crippen molar-refractivity contribution in [3.63, 3.8) is 0 Å². The minimum atomic E-state index is 0.517. The van der Waals surface area contributed by atoms with Crippen LogP contribution in [0.15, 0.2) is 52.1 Å². The number of aromatic nitrogens is 3. The van der Waals surface area contributed by atoms with Gasteiger partial charge in [0.1, 0.15) is 0 Å². The van der Waals surface area contributed by atoms with E-state index in [9.17, 15) is 0 Å². The fourth-order valence-electron chi connectivity index (χ4n) is 2.30. The summed E-state index contributed by atoms with van der Waals surface area (Å²) < 4.78 is 3.16. The fraction of sp³-hybridized carbons (Fsp3) is 0.176. The highest BCUT2D eigenvalue weighted by atomic mass is 79.9. The molecule has 0 aliphatic heterocycles. The van der Waals surface area contributed by atoms with Gasteiger partial charge in [0.05, 0.1) is 10.0 Å². The topological polar surface area (TPSA) is 30.7 Å². The summed E-state index contributed by atoms with van der Waals surface area (Å²) in [6.45, 7) is 2.86. The fourth-order valence-corrected chi connectivity index (χ4v) is 3.99. The van der Waals surface area contributed by atoms with Gasteiger partial charge in [0, 0.05) is 22.3 Å². The van der Waals surface area contributed by atoms with Gasteiger partial charge in [0.15, 0.2) is 11.0 Å². The van der Waals surface area contributed by atoms with Gasteiger partial charge < -0.3 is 4.57 Å². The van der Waals surface area contributed by atoms with Crippen LogP contribution < -0.4 is 0 Å².